The lowest BCUT2D eigenvalue weighted by molar-refractivity contribution is -0.104. The minimum atomic E-state index is 0.848. The molecule has 0 fully saturated rings. The number of hydrogen-bond acceptors (Lipinski definition) is 2. The fourth-order valence-corrected chi connectivity index (χ4v) is 2.00. The largest absolute Gasteiger partial charge is 0.297 e. The van der Waals surface area contributed by atoms with E-state index in [2.05, 4.69) is 19.1 Å². The van der Waals surface area contributed by atoms with Gasteiger partial charge in [-0.15, -0.1) is 11.8 Å². The molecule has 0 aromatic heterocycles. The van der Waals surface area contributed by atoms with Crippen LogP contribution in [-0.2, 0) is 10.5 Å². The molecule has 0 heterocycles. The lowest BCUT2D eigenvalue weighted by Crippen LogP contribution is -1.83. The smallest absolute Gasteiger partial charge is 0.156 e. The summed E-state index contributed by atoms with van der Waals surface area (Å²) in [6.07, 6.45) is 5.03. The van der Waals surface area contributed by atoms with Crippen LogP contribution >= 0.6 is 11.8 Å². The van der Waals surface area contributed by atoms with Crippen LogP contribution in [-0.4, -0.2) is 6.29 Å². The number of unbranched alkanes of at least 4 members (excludes halogenated alkanes) is 1. The van der Waals surface area contributed by atoms with E-state index in [1.165, 1.54) is 5.56 Å². The van der Waals surface area contributed by atoms with Crippen molar-refractivity contribution < 1.29 is 4.79 Å². The summed E-state index contributed by atoms with van der Waals surface area (Å²) in [6, 6.07) is 10.2. The lowest BCUT2D eigenvalue weighted by atomic mass is 10.2. The Morgan fingerprint density at radius 3 is 2.67 bits per heavy atom. The molecule has 0 spiro atoms. The molecule has 1 rings (SSSR count). The SMILES string of the molecule is CCC/C=C(/C=O)SCc1ccccc1. The van der Waals surface area contributed by atoms with Crippen LogP contribution in [0.2, 0.25) is 0 Å². The third-order valence-corrected chi connectivity index (χ3v) is 3.07. The average Bonchev–Trinajstić information content (AvgIpc) is 2.31. The van der Waals surface area contributed by atoms with E-state index in [1.54, 1.807) is 11.8 Å². The molecule has 1 aromatic carbocycles. The first-order valence-corrected chi connectivity index (χ1v) is 6.17. The first-order chi connectivity index (χ1) is 7.36. The van der Waals surface area contributed by atoms with Crippen molar-refractivity contribution in [2.75, 3.05) is 0 Å². The molecule has 0 aliphatic rings. The molecule has 0 atom stereocenters. The zero-order chi connectivity index (χ0) is 10.9. The van der Waals surface area contributed by atoms with E-state index in [9.17, 15) is 4.79 Å². The summed E-state index contributed by atoms with van der Waals surface area (Å²) in [5, 5.41) is 0. The van der Waals surface area contributed by atoms with Crippen LogP contribution in [0.1, 0.15) is 25.3 Å². The fourth-order valence-electron chi connectivity index (χ4n) is 1.17. The van der Waals surface area contributed by atoms with Crippen molar-refractivity contribution in [3.05, 3.63) is 46.9 Å². The summed E-state index contributed by atoms with van der Waals surface area (Å²) < 4.78 is 0. The van der Waals surface area contributed by atoms with Crippen LogP contribution in [0.25, 0.3) is 0 Å². The fraction of sp³-hybridized carbons (Fsp3) is 0.308. The molecule has 1 nitrogen and oxygen atoms in total. The summed E-state index contributed by atoms with van der Waals surface area (Å²) in [5.41, 5.74) is 1.26. The Morgan fingerprint density at radius 2 is 2.07 bits per heavy atom. The molecule has 0 aliphatic heterocycles. The second-order valence-electron chi connectivity index (χ2n) is 3.29. The molecule has 80 valence electrons. The van der Waals surface area contributed by atoms with Crippen molar-refractivity contribution in [2.24, 2.45) is 0 Å². The normalized spacial score (nSPS) is 11.4. The van der Waals surface area contributed by atoms with Gasteiger partial charge in [0.15, 0.2) is 6.29 Å². The minimum absolute atomic E-state index is 0.848. The Hall–Kier alpha value is -1.02. The molecular weight excluding hydrogens is 204 g/mol. The van der Waals surface area contributed by atoms with Gasteiger partial charge < -0.3 is 0 Å². The maximum atomic E-state index is 10.7. The number of benzene rings is 1. The van der Waals surface area contributed by atoms with Crippen LogP contribution in [0.15, 0.2) is 41.3 Å². The summed E-state index contributed by atoms with van der Waals surface area (Å²) in [5.74, 6) is 0.870. The number of thioether (sulfide) groups is 1. The molecule has 1 aromatic rings. The summed E-state index contributed by atoms with van der Waals surface area (Å²) in [6.45, 7) is 2.11. The third-order valence-electron chi connectivity index (χ3n) is 2.00. The highest BCUT2D eigenvalue weighted by Crippen LogP contribution is 2.20. The molecule has 0 saturated carbocycles. The second-order valence-corrected chi connectivity index (χ2v) is 4.34. The van der Waals surface area contributed by atoms with Gasteiger partial charge in [-0.2, -0.15) is 0 Å². The van der Waals surface area contributed by atoms with Gasteiger partial charge in [0.1, 0.15) is 0 Å². The van der Waals surface area contributed by atoms with E-state index in [0.717, 1.165) is 29.8 Å². The Morgan fingerprint density at radius 1 is 1.33 bits per heavy atom. The van der Waals surface area contributed by atoms with Gasteiger partial charge in [0.2, 0.25) is 0 Å². The maximum Gasteiger partial charge on any atom is 0.156 e. The highest BCUT2D eigenvalue weighted by atomic mass is 32.2. The average molecular weight is 220 g/mol. The minimum Gasteiger partial charge on any atom is -0.297 e. The Kier molecular flexibility index (Phi) is 5.86. The van der Waals surface area contributed by atoms with Crippen LogP contribution in [0, 0.1) is 0 Å². The molecule has 0 N–H and O–H groups in total. The van der Waals surface area contributed by atoms with E-state index < -0.39 is 0 Å². The summed E-state index contributed by atoms with van der Waals surface area (Å²) in [4.78, 5) is 11.6. The maximum absolute atomic E-state index is 10.7. The molecule has 0 radical (unpaired) electrons. The van der Waals surface area contributed by atoms with Crippen molar-refractivity contribution in [3.8, 4) is 0 Å². The van der Waals surface area contributed by atoms with Gasteiger partial charge >= 0.3 is 0 Å². The van der Waals surface area contributed by atoms with Gasteiger partial charge in [-0.25, -0.2) is 0 Å². The predicted octanol–water partition coefficient (Wildman–Crippen LogP) is 3.80. The van der Waals surface area contributed by atoms with Crippen molar-refractivity contribution >= 4 is 18.0 Å². The summed E-state index contributed by atoms with van der Waals surface area (Å²) in [7, 11) is 0. The topological polar surface area (TPSA) is 17.1 Å². The standard InChI is InChI=1S/C13H16OS/c1-2-3-9-13(10-14)15-11-12-7-5-4-6-8-12/h4-10H,2-3,11H2,1H3/b13-9-. The number of hydrogen-bond donors (Lipinski definition) is 0. The molecular formula is C13H16OS. The van der Waals surface area contributed by atoms with Crippen LogP contribution in [0.5, 0.6) is 0 Å². The molecule has 0 bridgehead atoms. The third kappa shape index (κ3) is 4.84. The lowest BCUT2D eigenvalue weighted by Gasteiger charge is -2.00. The molecule has 2 heteroatoms. The molecule has 15 heavy (non-hydrogen) atoms. The van der Waals surface area contributed by atoms with E-state index in [0.29, 0.717) is 0 Å². The zero-order valence-electron chi connectivity index (χ0n) is 8.98. The van der Waals surface area contributed by atoms with Gasteiger partial charge in [-0.3, -0.25) is 4.79 Å². The van der Waals surface area contributed by atoms with Crippen molar-refractivity contribution in [3.63, 3.8) is 0 Å². The van der Waals surface area contributed by atoms with Crippen molar-refractivity contribution in [2.45, 2.75) is 25.5 Å². The molecule has 0 aliphatic carbocycles. The Bertz CT molecular complexity index is 317. The Balaban J connectivity index is 2.44. The first kappa shape index (κ1) is 12.1. The van der Waals surface area contributed by atoms with Gasteiger partial charge in [0, 0.05) is 10.7 Å². The number of rotatable bonds is 6. The van der Waals surface area contributed by atoms with Crippen molar-refractivity contribution in [1.29, 1.82) is 0 Å². The second kappa shape index (κ2) is 7.30. The molecule has 0 amide bonds. The van der Waals surface area contributed by atoms with Gasteiger partial charge in [-0.05, 0) is 12.0 Å². The predicted molar refractivity (Wildman–Crippen MR) is 66.8 cm³/mol. The van der Waals surface area contributed by atoms with E-state index >= 15 is 0 Å². The van der Waals surface area contributed by atoms with E-state index in [4.69, 9.17) is 0 Å². The number of carbonyl (C=O) groups is 1. The highest BCUT2D eigenvalue weighted by molar-refractivity contribution is 8.03. The molecule has 0 unspecified atom stereocenters. The van der Waals surface area contributed by atoms with E-state index in [1.807, 2.05) is 24.3 Å². The quantitative estimate of drug-likeness (QED) is 0.536. The Labute approximate surface area is 95.6 Å². The van der Waals surface area contributed by atoms with Crippen LogP contribution in [0.3, 0.4) is 0 Å². The number of allylic oxidation sites excluding steroid dienone is 2. The molecule has 0 saturated heterocycles. The van der Waals surface area contributed by atoms with Crippen molar-refractivity contribution in [1.82, 2.24) is 0 Å². The van der Waals surface area contributed by atoms with Gasteiger partial charge in [-0.1, -0.05) is 49.8 Å². The first-order valence-electron chi connectivity index (χ1n) is 5.19. The number of aldehydes is 1. The van der Waals surface area contributed by atoms with Crippen LogP contribution < -0.4 is 0 Å². The van der Waals surface area contributed by atoms with Gasteiger partial charge in [0.25, 0.3) is 0 Å². The van der Waals surface area contributed by atoms with Gasteiger partial charge in [0.05, 0.1) is 0 Å². The van der Waals surface area contributed by atoms with Crippen LogP contribution in [0.4, 0.5) is 0 Å². The van der Waals surface area contributed by atoms with E-state index in [-0.39, 0.29) is 0 Å². The number of carbonyl (C=O) groups excluding carboxylic acids is 1. The zero-order valence-corrected chi connectivity index (χ0v) is 9.80. The monoisotopic (exact) mass is 220 g/mol. The highest BCUT2D eigenvalue weighted by Gasteiger charge is 1.97. The summed E-state index contributed by atoms with van der Waals surface area (Å²) >= 11 is 1.61.